The van der Waals surface area contributed by atoms with E-state index < -0.39 is 0 Å². The standard InChI is InChI=1S/C9H15N3/c1-10-7-4-5-8(11-2)9(6-7)12-3/h4-6,10-12H,1-3H3. The summed E-state index contributed by atoms with van der Waals surface area (Å²) in [6.07, 6.45) is 0. The molecule has 1 aromatic rings. The SMILES string of the molecule is CNc1ccc(NC)c(NC)c1. The Morgan fingerprint density at radius 2 is 1.50 bits per heavy atom. The van der Waals surface area contributed by atoms with Gasteiger partial charge in [0, 0.05) is 26.8 Å². The van der Waals surface area contributed by atoms with Crippen LogP contribution >= 0.6 is 0 Å². The lowest BCUT2D eigenvalue weighted by atomic mass is 10.2. The Morgan fingerprint density at radius 1 is 0.833 bits per heavy atom. The molecule has 0 bridgehead atoms. The lowest BCUT2D eigenvalue weighted by Crippen LogP contribution is -1.97. The third-order valence-electron chi connectivity index (χ3n) is 1.85. The summed E-state index contributed by atoms with van der Waals surface area (Å²) in [5.41, 5.74) is 3.32. The van der Waals surface area contributed by atoms with Gasteiger partial charge in [0.05, 0.1) is 11.4 Å². The minimum atomic E-state index is 1.10. The van der Waals surface area contributed by atoms with Gasteiger partial charge in [0.25, 0.3) is 0 Å². The van der Waals surface area contributed by atoms with E-state index >= 15 is 0 Å². The van der Waals surface area contributed by atoms with Gasteiger partial charge in [-0.2, -0.15) is 0 Å². The van der Waals surface area contributed by atoms with Gasteiger partial charge in [0.2, 0.25) is 0 Å². The Balaban J connectivity index is 3.02. The Bertz CT molecular complexity index is 258. The van der Waals surface area contributed by atoms with E-state index in [1.165, 1.54) is 0 Å². The Hall–Kier alpha value is -1.38. The van der Waals surface area contributed by atoms with Gasteiger partial charge in [0.1, 0.15) is 0 Å². The number of hydrogen-bond donors (Lipinski definition) is 3. The van der Waals surface area contributed by atoms with Crippen LogP contribution in [0.25, 0.3) is 0 Å². The number of rotatable bonds is 3. The molecule has 0 saturated carbocycles. The Morgan fingerprint density at radius 3 is 2.00 bits per heavy atom. The molecule has 0 unspecified atom stereocenters. The lowest BCUT2D eigenvalue weighted by Gasteiger charge is -2.10. The van der Waals surface area contributed by atoms with Crippen LogP contribution < -0.4 is 16.0 Å². The van der Waals surface area contributed by atoms with E-state index in [-0.39, 0.29) is 0 Å². The molecule has 0 amide bonds. The first-order valence-corrected chi connectivity index (χ1v) is 3.99. The molecule has 0 aliphatic rings. The maximum Gasteiger partial charge on any atom is 0.0594 e. The zero-order chi connectivity index (χ0) is 8.97. The highest BCUT2D eigenvalue weighted by Gasteiger charge is 1.98. The Labute approximate surface area is 73.2 Å². The van der Waals surface area contributed by atoms with E-state index in [1.807, 2.05) is 33.3 Å². The summed E-state index contributed by atoms with van der Waals surface area (Å²) in [6, 6.07) is 6.14. The molecule has 0 aliphatic heterocycles. The van der Waals surface area contributed by atoms with Gasteiger partial charge in [-0.1, -0.05) is 0 Å². The lowest BCUT2D eigenvalue weighted by molar-refractivity contribution is 1.43. The highest BCUT2D eigenvalue weighted by Crippen LogP contribution is 2.24. The second-order valence-electron chi connectivity index (χ2n) is 2.51. The number of benzene rings is 1. The second-order valence-corrected chi connectivity index (χ2v) is 2.51. The van der Waals surface area contributed by atoms with Crippen molar-refractivity contribution in [2.45, 2.75) is 0 Å². The fourth-order valence-electron chi connectivity index (χ4n) is 1.12. The molecular formula is C9H15N3. The van der Waals surface area contributed by atoms with E-state index in [0.717, 1.165) is 17.1 Å². The molecule has 66 valence electrons. The molecule has 0 spiro atoms. The minimum Gasteiger partial charge on any atom is -0.388 e. The van der Waals surface area contributed by atoms with Crippen molar-refractivity contribution in [2.75, 3.05) is 37.1 Å². The van der Waals surface area contributed by atoms with E-state index in [0.29, 0.717) is 0 Å². The largest absolute Gasteiger partial charge is 0.388 e. The highest BCUT2D eigenvalue weighted by atomic mass is 14.9. The van der Waals surface area contributed by atoms with Crippen LogP contribution in [0.3, 0.4) is 0 Å². The third kappa shape index (κ3) is 1.61. The maximum absolute atomic E-state index is 3.12. The van der Waals surface area contributed by atoms with Gasteiger partial charge < -0.3 is 16.0 Å². The van der Waals surface area contributed by atoms with Crippen molar-refractivity contribution in [3.8, 4) is 0 Å². The minimum absolute atomic E-state index is 1.10. The van der Waals surface area contributed by atoms with Crippen molar-refractivity contribution in [1.29, 1.82) is 0 Å². The molecule has 0 aliphatic carbocycles. The van der Waals surface area contributed by atoms with Gasteiger partial charge in [-0.25, -0.2) is 0 Å². The topological polar surface area (TPSA) is 36.1 Å². The molecule has 3 nitrogen and oxygen atoms in total. The molecule has 3 N–H and O–H groups in total. The molecule has 0 fully saturated rings. The molecule has 0 heterocycles. The normalized spacial score (nSPS) is 9.25. The average Bonchev–Trinajstić information content (AvgIpc) is 2.16. The predicted octanol–water partition coefficient (Wildman–Crippen LogP) is 1.81. The first-order chi connectivity index (χ1) is 5.81. The van der Waals surface area contributed by atoms with Gasteiger partial charge in [-0.05, 0) is 18.2 Å². The first-order valence-electron chi connectivity index (χ1n) is 3.99. The monoisotopic (exact) mass is 165 g/mol. The third-order valence-corrected chi connectivity index (χ3v) is 1.85. The predicted molar refractivity (Wildman–Crippen MR) is 55.1 cm³/mol. The van der Waals surface area contributed by atoms with Crippen LogP contribution in [0.2, 0.25) is 0 Å². The summed E-state index contributed by atoms with van der Waals surface area (Å²) in [4.78, 5) is 0. The summed E-state index contributed by atoms with van der Waals surface area (Å²) >= 11 is 0. The number of anilines is 3. The van der Waals surface area contributed by atoms with Crippen molar-refractivity contribution >= 4 is 17.1 Å². The molecule has 0 saturated heterocycles. The van der Waals surface area contributed by atoms with Crippen molar-refractivity contribution in [3.05, 3.63) is 18.2 Å². The molecule has 12 heavy (non-hydrogen) atoms. The van der Waals surface area contributed by atoms with Crippen molar-refractivity contribution in [3.63, 3.8) is 0 Å². The number of hydrogen-bond acceptors (Lipinski definition) is 3. The summed E-state index contributed by atoms with van der Waals surface area (Å²) < 4.78 is 0. The van der Waals surface area contributed by atoms with Gasteiger partial charge >= 0.3 is 0 Å². The van der Waals surface area contributed by atoms with E-state index in [2.05, 4.69) is 22.0 Å². The van der Waals surface area contributed by atoms with Crippen LogP contribution in [0.1, 0.15) is 0 Å². The quantitative estimate of drug-likeness (QED) is 0.639. The summed E-state index contributed by atoms with van der Waals surface area (Å²) in [6.45, 7) is 0. The van der Waals surface area contributed by atoms with E-state index in [1.54, 1.807) is 0 Å². The van der Waals surface area contributed by atoms with Crippen molar-refractivity contribution in [1.82, 2.24) is 0 Å². The molecule has 1 aromatic carbocycles. The summed E-state index contributed by atoms with van der Waals surface area (Å²) in [5.74, 6) is 0. The highest BCUT2D eigenvalue weighted by molar-refractivity contribution is 5.73. The van der Waals surface area contributed by atoms with E-state index in [9.17, 15) is 0 Å². The molecule has 0 aromatic heterocycles. The zero-order valence-corrected chi connectivity index (χ0v) is 7.73. The van der Waals surface area contributed by atoms with Gasteiger partial charge in [-0.3, -0.25) is 0 Å². The fourth-order valence-corrected chi connectivity index (χ4v) is 1.12. The maximum atomic E-state index is 3.12. The summed E-state index contributed by atoms with van der Waals surface area (Å²) in [7, 11) is 5.73. The average molecular weight is 165 g/mol. The van der Waals surface area contributed by atoms with Crippen LogP contribution in [-0.2, 0) is 0 Å². The van der Waals surface area contributed by atoms with Crippen LogP contribution in [-0.4, -0.2) is 21.1 Å². The first kappa shape index (κ1) is 8.71. The van der Waals surface area contributed by atoms with E-state index in [4.69, 9.17) is 0 Å². The molecule has 0 radical (unpaired) electrons. The van der Waals surface area contributed by atoms with Gasteiger partial charge in [-0.15, -0.1) is 0 Å². The van der Waals surface area contributed by atoms with Crippen molar-refractivity contribution < 1.29 is 0 Å². The van der Waals surface area contributed by atoms with Crippen LogP contribution in [0.5, 0.6) is 0 Å². The molecule has 1 rings (SSSR count). The second kappa shape index (κ2) is 3.85. The van der Waals surface area contributed by atoms with Crippen LogP contribution in [0, 0.1) is 0 Å². The smallest absolute Gasteiger partial charge is 0.0594 e. The molecule has 0 atom stereocenters. The van der Waals surface area contributed by atoms with Gasteiger partial charge in [0.15, 0.2) is 0 Å². The van der Waals surface area contributed by atoms with Crippen molar-refractivity contribution in [2.24, 2.45) is 0 Å². The Kier molecular flexibility index (Phi) is 2.80. The summed E-state index contributed by atoms with van der Waals surface area (Å²) in [5, 5.41) is 9.31. The fraction of sp³-hybridized carbons (Fsp3) is 0.333. The zero-order valence-electron chi connectivity index (χ0n) is 7.73. The number of nitrogens with one attached hydrogen (secondary N) is 3. The molecule has 3 heteroatoms. The van der Waals surface area contributed by atoms with Crippen LogP contribution in [0.15, 0.2) is 18.2 Å². The molecular weight excluding hydrogens is 150 g/mol. The van der Waals surface area contributed by atoms with Crippen LogP contribution in [0.4, 0.5) is 17.1 Å².